The zero-order valence-corrected chi connectivity index (χ0v) is 31.1. The number of alkyl halides is 5. The molecule has 2 aliphatic heterocycles. The minimum absolute atomic E-state index is 0.00754. The summed E-state index contributed by atoms with van der Waals surface area (Å²) >= 11 is 1.22. The molecule has 21 heteroatoms. The Kier molecular flexibility index (Phi) is 8.91. The lowest BCUT2D eigenvalue weighted by atomic mass is 9.92. The van der Waals surface area contributed by atoms with Crippen LogP contribution in [0, 0.1) is 23.4 Å². The fraction of sp³-hybridized carbons (Fsp3) is 0.368. The van der Waals surface area contributed by atoms with Gasteiger partial charge in [0.25, 0.3) is 11.8 Å². The second kappa shape index (κ2) is 13.6. The van der Waals surface area contributed by atoms with Crippen LogP contribution >= 0.6 is 11.3 Å². The number of anilines is 1. The van der Waals surface area contributed by atoms with Crippen molar-refractivity contribution < 1.29 is 54.2 Å². The second-order valence-corrected chi connectivity index (χ2v) is 16.2. The van der Waals surface area contributed by atoms with Gasteiger partial charge in [-0.1, -0.05) is 17.4 Å². The van der Waals surface area contributed by atoms with Gasteiger partial charge in [0.15, 0.2) is 16.5 Å². The summed E-state index contributed by atoms with van der Waals surface area (Å²) in [6, 6.07) is 6.20. The maximum absolute atomic E-state index is 15.4. The Morgan fingerprint density at radius 2 is 1.78 bits per heavy atom. The van der Waals surface area contributed by atoms with Crippen molar-refractivity contribution in [2.24, 2.45) is 11.7 Å². The Hall–Kier alpha value is -5.86. The quantitative estimate of drug-likeness (QED) is 0.143. The molecular weight excluding hydrogens is 817 g/mol. The molecule has 1 spiro atoms. The van der Waals surface area contributed by atoms with Crippen LogP contribution in [0.1, 0.15) is 69.8 Å². The Morgan fingerprint density at radius 1 is 1.05 bits per heavy atom. The van der Waals surface area contributed by atoms with E-state index in [0.29, 0.717) is 53.1 Å². The number of carbonyl (C=O) groups is 3. The van der Waals surface area contributed by atoms with Gasteiger partial charge in [0.2, 0.25) is 5.91 Å². The van der Waals surface area contributed by atoms with Crippen molar-refractivity contribution in [2.45, 2.75) is 61.9 Å². The highest BCUT2D eigenvalue weighted by Crippen LogP contribution is 2.68. The van der Waals surface area contributed by atoms with Gasteiger partial charge in [0.1, 0.15) is 35.3 Å². The number of nitrogens with zero attached hydrogens (tertiary/aromatic N) is 5. The number of aromatic nitrogens is 4. The van der Waals surface area contributed by atoms with Crippen molar-refractivity contribution in [3.8, 4) is 11.1 Å². The molecule has 2 aromatic carbocycles. The molecule has 0 bridgehead atoms. The summed E-state index contributed by atoms with van der Waals surface area (Å²) in [6.45, 7) is 0.165. The van der Waals surface area contributed by atoms with Crippen LogP contribution in [0.5, 0.6) is 0 Å². The van der Waals surface area contributed by atoms with E-state index in [4.69, 9.17) is 20.4 Å². The molecule has 3 fully saturated rings. The number of primary amides is 1. The molecule has 2 saturated heterocycles. The van der Waals surface area contributed by atoms with Gasteiger partial charge in [-0.3, -0.25) is 14.3 Å². The Bertz CT molecular complexity index is 2570. The molecule has 4 N–H and O–H groups in total. The summed E-state index contributed by atoms with van der Waals surface area (Å²) in [7, 11) is 0. The molecule has 12 nitrogen and oxygen atoms in total. The fourth-order valence-electron chi connectivity index (χ4n) is 8.42. The first-order chi connectivity index (χ1) is 27.9. The standard InChI is InChI=1S/C38H30F8N8O4S/c39-18-7-16(8-19(40)11-18)9-25(49-27(55)14-54-31-28(30(52-54)38(44,45)46)21-12-23(21)37(31,42)43)29-20(17-1-2-24(41)22(10-17)32(47)56)13-26-33(50-29)51-34(59-26)53-5-3-36(4-6-53)15-48-35(57)58-36/h1-2,7-8,10-11,13,21,23,25H,3-6,9,12,14-15H2,(H2,47,56)(H,48,57)(H,49,55)/t21?,23-,25+/m1/s1. The number of benzene rings is 2. The average Bonchev–Trinajstić information content (AvgIpc) is 3.39. The topological polar surface area (TPSA) is 157 Å². The van der Waals surface area contributed by atoms with E-state index in [1.54, 1.807) is 6.07 Å². The highest BCUT2D eigenvalue weighted by Gasteiger charge is 2.68. The second-order valence-electron chi connectivity index (χ2n) is 15.2. The maximum atomic E-state index is 15.4. The third kappa shape index (κ3) is 6.87. The van der Waals surface area contributed by atoms with E-state index in [1.165, 1.54) is 17.4 Å². The van der Waals surface area contributed by atoms with E-state index in [0.717, 1.165) is 24.3 Å². The fourth-order valence-corrected chi connectivity index (χ4v) is 9.42. The van der Waals surface area contributed by atoms with Gasteiger partial charge in [0, 0.05) is 49.0 Å². The molecule has 9 rings (SSSR count). The molecule has 5 aromatic rings. The predicted octanol–water partition coefficient (Wildman–Crippen LogP) is 6.48. The lowest BCUT2D eigenvalue weighted by Gasteiger charge is -2.36. The van der Waals surface area contributed by atoms with Crippen LogP contribution in [-0.2, 0) is 34.6 Å². The number of alkyl carbamates (subject to hydrolysis) is 1. The number of nitrogens with two attached hydrogens (primary N) is 1. The number of hydrogen-bond donors (Lipinski definition) is 3. The zero-order valence-electron chi connectivity index (χ0n) is 30.3. The van der Waals surface area contributed by atoms with Gasteiger partial charge in [-0.05, 0) is 60.2 Å². The van der Waals surface area contributed by atoms with E-state index < -0.39 is 106 Å². The van der Waals surface area contributed by atoms with Crippen molar-refractivity contribution in [1.29, 1.82) is 0 Å². The highest BCUT2D eigenvalue weighted by molar-refractivity contribution is 7.22. The largest absolute Gasteiger partial charge is 0.441 e. The smallest absolute Gasteiger partial charge is 0.435 e. The lowest BCUT2D eigenvalue weighted by Crippen LogP contribution is -2.46. The molecule has 1 unspecified atom stereocenters. The number of rotatable bonds is 9. The number of carbonyl (C=O) groups excluding carboxylic acids is 3. The number of fused-ring (bicyclic) bond motifs is 4. The Morgan fingerprint density at radius 3 is 2.44 bits per heavy atom. The SMILES string of the molecule is NC(=O)c1cc(-c2cc3sc(N4CCC5(CC4)CNC(=O)O5)nc3nc2[C@H](Cc2cc(F)cc(F)c2)NC(=O)Cn2nc(C(F)(F)F)c3c2C(F)(F)[C@@H]2CC32)ccc1F. The Labute approximate surface area is 331 Å². The zero-order chi connectivity index (χ0) is 41.8. The minimum Gasteiger partial charge on any atom is -0.441 e. The van der Waals surface area contributed by atoms with Crippen LogP contribution in [0.2, 0.25) is 0 Å². The first-order valence-corrected chi connectivity index (χ1v) is 19.1. The molecule has 3 aromatic heterocycles. The number of pyridine rings is 1. The van der Waals surface area contributed by atoms with Gasteiger partial charge in [-0.15, -0.1) is 0 Å². The van der Waals surface area contributed by atoms with Crippen LogP contribution in [0.4, 0.5) is 45.0 Å². The summed E-state index contributed by atoms with van der Waals surface area (Å²) in [5.41, 5.74) is 1.57. The van der Waals surface area contributed by atoms with Crippen LogP contribution in [0.3, 0.4) is 0 Å². The van der Waals surface area contributed by atoms with Crippen molar-refractivity contribution >= 4 is 44.7 Å². The van der Waals surface area contributed by atoms with E-state index >= 15 is 8.78 Å². The molecule has 5 heterocycles. The van der Waals surface area contributed by atoms with Crippen LogP contribution in [-0.4, -0.2) is 62.9 Å². The normalized spacial score (nSPS) is 20.6. The van der Waals surface area contributed by atoms with E-state index in [9.17, 15) is 40.7 Å². The molecule has 308 valence electrons. The first kappa shape index (κ1) is 38.6. The molecule has 0 radical (unpaired) electrons. The van der Waals surface area contributed by atoms with E-state index in [1.807, 2.05) is 4.90 Å². The molecule has 3 amide bonds. The number of hydrogen-bond acceptors (Lipinski definition) is 9. The molecule has 1 saturated carbocycles. The number of nitrogens with one attached hydrogen (secondary N) is 2. The van der Waals surface area contributed by atoms with Gasteiger partial charge < -0.3 is 26.0 Å². The molecular formula is C38H30F8N8O4S. The molecule has 2 aliphatic carbocycles. The minimum atomic E-state index is -5.08. The molecule has 4 aliphatic rings. The van der Waals surface area contributed by atoms with Crippen molar-refractivity contribution in [3.63, 3.8) is 0 Å². The predicted molar refractivity (Wildman–Crippen MR) is 193 cm³/mol. The first-order valence-electron chi connectivity index (χ1n) is 18.3. The number of thiazole rings is 1. The third-order valence-corrected chi connectivity index (χ3v) is 12.3. The van der Waals surface area contributed by atoms with Gasteiger partial charge >= 0.3 is 12.3 Å². The van der Waals surface area contributed by atoms with Crippen molar-refractivity contribution in [2.75, 3.05) is 24.5 Å². The summed E-state index contributed by atoms with van der Waals surface area (Å²) in [4.78, 5) is 49.3. The maximum Gasteiger partial charge on any atom is 0.435 e. The third-order valence-electron chi connectivity index (χ3n) is 11.3. The number of halogens is 8. The van der Waals surface area contributed by atoms with E-state index in [-0.39, 0.29) is 34.5 Å². The molecule has 59 heavy (non-hydrogen) atoms. The molecule has 3 atom stereocenters. The summed E-state index contributed by atoms with van der Waals surface area (Å²) in [6.07, 6.45) is -5.16. The van der Waals surface area contributed by atoms with Crippen molar-refractivity contribution in [1.82, 2.24) is 30.4 Å². The lowest BCUT2D eigenvalue weighted by molar-refractivity contribution is -0.142. The average molecular weight is 847 g/mol. The highest BCUT2D eigenvalue weighted by atomic mass is 32.1. The number of ether oxygens (including phenoxy) is 1. The van der Waals surface area contributed by atoms with Crippen LogP contribution < -0.4 is 21.3 Å². The van der Waals surface area contributed by atoms with Crippen molar-refractivity contribution in [3.05, 3.63) is 93.7 Å². The Balaban J connectivity index is 1.13. The summed E-state index contributed by atoms with van der Waals surface area (Å²) in [5, 5.41) is 9.22. The summed E-state index contributed by atoms with van der Waals surface area (Å²) in [5.74, 6) is -11.2. The monoisotopic (exact) mass is 846 g/mol. The summed E-state index contributed by atoms with van der Waals surface area (Å²) < 4.78 is 123. The number of amides is 3. The van der Waals surface area contributed by atoms with Gasteiger partial charge in [-0.2, -0.15) is 32.0 Å². The van der Waals surface area contributed by atoms with Gasteiger partial charge in [-0.25, -0.2) is 22.9 Å². The van der Waals surface area contributed by atoms with Crippen LogP contribution in [0.25, 0.3) is 21.5 Å². The number of piperidine rings is 1. The van der Waals surface area contributed by atoms with Gasteiger partial charge in [0.05, 0.1) is 28.5 Å². The van der Waals surface area contributed by atoms with E-state index in [2.05, 4.69) is 15.7 Å². The van der Waals surface area contributed by atoms with Crippen LogP contribution in [0.15, 0.2) is 42.5 Å².